The highest BCUT2D eigenvalue weighted by molar-refractivity contribution is 7.92. The first kappa shape index (κ1) is 25.7. The molecule has 3 fully saturated rings. The van der Waals surface area contributed by atoms with Gasteiger partial charge < -0.3 is 10.4 Å². The average Bonchev–Trinajstić information content (AvgIpc) is 3.09. The van der Waals surface area contributed by atoms with Crippen molar-refractivity contribution in [1.82, 2.24) is 14.9 Å². The van der Waals surface area contributed by atoms with Gasteiger partial charge in [0.05, 0.1) is 0 Å². The third kappa shape index (κ3) is 5.36. The number of nitrogens with one attached hydrogen (secondary N) is 2. The predicted molar refractivity (Wildman–Crippen MR) is 137 cm³/mol. The average molecular weight is 523 g/mol. The van der Waals surface area contributed by atoms with Crippen molar-refractivity contribution in [2.75, 3.05) is 23.9 Å². The Morgan fingerprint density at radius 3 is 2.50 bits per heavy atom. The minimum Gasteiger partial charge on any atom is -0.506 e. The number of amides is 1. The molecule has 1 aromatic carbocycles. The van der Waals surface area contributed by atoms with Crippen LogP contribution >= 0.6 is 0 Å². The molecule has 36 heavy (non-hydrogen) atoms. The Morgan fingerprint density at radius 1 is 1.06 bits per heavy atom. The Balaban J connectivity index is 1.28. The van der Waals surface area contributed by atoms with Crippen LogP contribution in [0.5, 0.6) is 5.75 Å². The number of phenols is 1. The van der Waals surface area contributed by atoms with Crippen LogP contribution in [0.2, 0.25) is 0 Å². The van der Waals surface area contributed by atoms with Gasteiger partial charge in [0.2, 0.25) is 0 Å². The largest absolute Gasteiger partial charge is 0.506 e. The second-order valence-electron chi connectivity index (χ2n) is 11.0. The minimum absolute atomic E-state index is 0.0837. The maximum Gasteiger partial charge on any atom is 0.326 e. The normalized spacial score (nSPS) is 27.8. The molecule has 1 aromatic rings. The van der Waals surface area contributed by atoms with E-state index in [1.54, 1.807) is 0 Å². The zero-order chi connectivity index (χ0) is 25.3. The van der Waals surface area contributed by atoms with E-state index >= 15 is 4.39 Å². The number of carbonyl (C=O) groups is 1. The summed E-state index contributed by atoms with van der Waals surface area (Å²) < 4.78 is 42.7. The Hall–Kier alpha value is -1.91. The summed E-state index contributed by atoms with van der Waals surface area (Å²) in [7, 11) is -4.21. The molecule has 8 nitrogen and oxygen atoms in total. The number of halogens is 1. The summed E-state index contributed by atoms with van der Waals surface area (Å²) in [5.74, 6) is -1.94. The monoisotopic (exact) mass is 522 g/mol. The first-order chi connectivity index (χ1) is 17.3. The van der Waals surface area contributed by atoms with Crippen LogP contribution in [0.15, 0.2) is 6.07 Å². The number of aryl methyl sites for hydroxylation is 1. The summed E-state index contributed by atoms with van der Waals surface area (Å²) in [6, 6.07) is 2.71. The van der Waals surface area contributed by atoms with Crippen LogP contribution in [0.1, 0.15) is 81.8 Å². The van der Waals surface area contributed by atoms with Gasteiger partial charge in [0.25, 0.3) is 5.91 Å². The van der Waals surface area contributed by atoms with Gasteiger partial charge in [-0.2, -0.15) is 8.42 Å². The fourth-order valence-corrected chi connectivity index (χ4v) is 7.85. The summed E-state index contributed by atoms with van der Waals surface area (Å²) in [4.78, 5) is 14.4. The van der Waals surface area contributed by atoms with Gasteiger partial charge in [-0.15, -0.1) is 0 Å². The van der Waals surface area contributed by atoms with Gasteiger partial charge >= 0.3 is 10.2 Å². The van der Waals surface area contributed by atoms with Crippen LogP contribution in [0.25, 0.3) is 0 Å². The Labute approximate surface area is 213 Å². The number of anilines is 1. The molecule has 2 saturated heterocycles. The van der Waals surface area contributed by atoms with Gasteiger partial charge in [0.1, 0.15) is 18.0 Å². The van der Waals surface area contributed by atoms with Gasteiger partial charge in [-0.25, -0.2) is 13.4 Å². The van der Waals surface area contributed by atoms with Crippen molar-refractivity contribution in [2.24, 2.45) is 0 Å². The number of carbonyl (C=O) groups excluding carboxylic acids is 1. The number of hydrogen-bond donors (Lipinski definition) is 3. The predicted octanol–water partition coefficient (Wildman–Crippen LogP) is 3.13. The molecule has 5 rings (SSSR count). The van der Waals surface area contributed by atoms with Gasteiger partial charge in [0.15, 0.2) is 5.82 Å². The van der Waals surface area contributed by atoms with Crippen molar-refractivity contribution in [3.8, 4) is 5.75 Å². The molecule has 4 aliphatic rings. The molecule has 2 heterocycles. The number of aromatic hydroxyl groups is 1. The van der Waals surface area contributed by atoms with E-state index in [4.69, 9.17) is 0 Å². The molecule has 1 amide bonds. The summed E-state index contributed by atoms with van der Waals surface area (Å²) in [5.41, 5.74) is 0.702. The molecule has 2 aliphatic carbocycles. The first-order valence-corrected chi connectivity index (χ1v) is 15.1. The van der Waals surface area contributed by atoms with Crippen LogP contribution in [0, 0.1) is 5.82 Å². The molecular formula is C26H39FN4O4S. The fourth-order valence-electron chi connectivity index (χ4n) is 6.69. The van der Waals surface area contributed by atoms with E-state index in [-0.39, 0.29) is 6.04 Å². The highest BCUT2D eigenvalue weighted by atomic mass is 32.2. The molecule has 2 atom stereocenters. The van der Waals surface area contributed by atoms with Crippen LogP contribution < -0.4 is 14.3 Å². The van der Waals surface area contributed by atoms with Crippen LogP contribution in [-0.4, -0.2) is 62.1 Å². The van der Waals surface area contributed by atoms with Crippen molar-refractivity contribution in [3.63, 3.8) is 0 Å². The lowest BCUT2D eigenvalue weighted by Gasteiger charge is -2.43. The Bertz CT molecular complexity index is 1070. The summed E-state index contributed by atoms with van der Waals surface area (Å²) >= 11 is 0. The molecule has 2 unspecified atom stereocenters. The van der Waals surface area contributed by atoms with E-state index in [0.717, 1.165) is 13.0 Å². The molecule has 0 bridgehead atoms. The van der Waals surface area contributed by atoms with E-state index in [1.165, 1.54) is 76.8 Å². The molecule has 3 N–H and O–H groups in total. The van der Waals surface area contributed by atoms with Crippen molar-refractivity contribution < 1.29 is 22.7 Å². The van der Waals surface area contributed by atoms with E-state index < -0.39 is 39.9 Å². The number of fused-ring (bicyclic) bond motifs is 1. The SMILES string of the molecule is O=C1CN(c2c(O)cc3c(c2F)CC(NCC2CCCCN2C2CCCCCCC2)CC3)S(=O)(=O)N1. The van der Waals surface area contributed by atoms with Gasteiger partial charge in [0, 0.05) is 24.7 Å². The van der Waals surface area contributed by atoms with E-state index in [2.05, 4.69) is 10.2 Å². The second-order valence-corrected chi connectivity index (χ2v) is 12.6. The summed E-state index contributed by atoms with van der Waals surface area (Å²) in [6.45, 7) is 1.51. The maximum absolute atomic E-state index is 15.6. The lowest BCUT2D eigenvalue weighted by Crippen LogP contribution is -2.52. The molecule has 200 valence electrons. The molecule has 0 radical (unpaired) electrons. The van der Waals surface area contributed by atoms with E-state index in [1.807, 2.05) is 4.72 Å². The fraction of sp³-hybridized carbons (Fsp3) is 0.731. The number of hydrogen-bond acceptors (Lipinski definition) is 6. The number of phenolic OH excluding ortho intramolecular Hbond substituents is 1. The molecular weight excluding hydrogens is 483 g/mol. The minimum atomic E-state index is -4.21. The molecule has 10 heteroatoms. The van der Waals surface area contributed by atoms with Gasteiger partial charge in [-0.3, -0.25) is 9.69 Å². The molecule has 1 saturated carbocycles. The highest BCUT2D eigenvalue weighted by Crippen LogP contribution is 2.39. The smallest absolute Gasteiger partial charge is 0.326 e. The second kappa shape index (κ2) is 10.8. The van der Waals surface area contributed by atoms with Gasteiger partial charge in [-0.05, 0) is 68.7 Å². The zero-order valence-electron chi connectivity index (χ0n) is 21.0. The summed E-state index contributed by atoms with van der Waals surface area (Å²) in [5, 5.41) is 14.2. The van der Waals surface area contributed by atoms with Crippen molar-refractivity contribution in [3.05, 3.63) is 23.0 Å². The zero-order valence-corrected chi connectivity index (χ0v) is 21.8. The number of rotatable bonds is 5. The number of piperidine rings is 1. The highest BCUT2D eigenvalue weighted by Gasteiger charge is 2.39. The van der Waals surface area contributed by atoms with Crippen LogP contribution in [0.3, 0.4) is 0 Å². The standard InChI is InChI=1S/C26H39FN4O4S/c27-25-22-15-19(12-11-18(22)14-23(32)26(25)31-17-24(33)29-36(31,34)35)28-16-21-10-6-7-13-30(21)20-8-4-2-1-3-5-9-20/h14,19-21,28,32H,1-13,15-17H2,(H,29,33). The number of benzene rings is 1. The van der Waals surface area contributed by atoms with Gasteiger partial charge in [-0.1, -0.05) is 38.5 Å². The quantitative estimate of drug-likeness (QED) is 0.549. The third-order valence-corrected chi connectivity index (χ3v) is 9.93. The summed E-state index contributed by atoms with van der Waals surface area (Å²) in [6.07, 6.45) is 14.9. The van der Waals surface area contributed by atoms with Crippen molar-refractivity contribution >= 4 is 21.8 Å². The first-order valence-electron chi connectivity index (χ1n) is 13.7. The third-order valence-electron chi connectivity index (χ3n) is 8.55. The van der Waals surface area contributed by atoms with Crippen LogP contribution in [-0.2, 0) is 27.8 Å². The van der Waals surface area contributed by atoms with Crippen molar-refractivity contribution in [1.29, 1.82) is 0 Å². The maximum atomic E-state index is 15.6. The molecule has 0 spiro atoms. The van der Waals surface area contributed by atoms with E-state index in [9.17, 15) is 18.3 Å². The number of nitrogens with zero attached hydrogens (tertiary/aromatic N) is 2. The lowest BCUT2D eigenvalue weighted by atomic mass is 9.86. The molecule has 2 aliphatic heterocycles. The van der Waals surface area contributed by atoms with Crippen molar-refractivity contribution in [2.45, 2.75) is 102 Å². The topological polar surface area (TPSA) is 102 Å². The lowest BCUT2D eigenvalue weighted by molar-refractivity contribution is -0.117. The Morgan fingerprint density at radius 2 is 1.78 bits per heavy atom. The molecule has 0 aromatic heterocycles. The number of likely N-dealkylation sites (tertiary alicyclic amines) is 1. The van der Waals surface area contributed by atoms with Crippen LogP contribution in [0.4, 0.5) is 10.1 Å². The van der Waals surface area contributed by atoms with E-state index in [0.29, 0.717) is 40.4 Å². The Kier molecular flexibility index (Phi) is 7.74.